The molecule has 2 unspecified atom stereocenters. The van der Waals surface area contributed by atoms with Gasteiger partial charge in [-0.05, 0) is 25.9 Å². The van der Waals surface area contributed by atoms with Gasteiger partial charge in [-0.25, -0.2) is 0 Å². The molecule has 2 saturated heterocycles. The minimum Gasteiger partial charge on any atom is -0.375 e. The monoisotopic (exact) mass is 327 g/mol. The molecule has 0 aliphatic carbocycles. The van der Waals surface area contributed by atoms with Crippen molar-refractivity contribution < 1.29 is 9.53 Å². The first kappa shape index (κ1) is 19.9. The summed E-state index contributed by atoms with van der Waals surface area (Å²) in [6.07, 6.45) is 2.98. The lowest BCUT2D eigenvalue weighted by Crippen LogP contribution is -2.44. The van der Waals surface area contributed by atoms with Crippen LogP contribution in [0.25, 0.3) is 0 Å². The first-order valence-electron chi connectivity index (χ1n) is 7.12. The van der Waals surface area contributed by atoms with E-state index in [1.165, 1.54) is 19.4 Å². The van der Waals surface area contributed by atoms with Gasteiger partial charge in [-0.15, -0.1) is 24.8 Å². The van der Waals surface area contributed by atoms with E-state index >= 15 is 0 Å². The Labute approximate surface area is 134 Å². The number of hydrogen-bond donors (Lipinski definition) is 2. The number of nitrogens with one attached hydrogen (secondary N) is 2. The Morgan fingerprint density at radius 3 is 2.90 bits per heavy atom. The van der Waals surface area contributed by atoms with Crippen LogP contribution in [0, 0.1) is 0 Å². The fraction of sp³-hybridized carbons (Fsp3) is 0.923. The predicted octanol–water partition coefficient (Wildman–Crippen LogP) is 0.809. The molecule has 0 saturated carbocycles. The molecule has 2 aliphatic heterocycles. The number of rotatable bonds is 5. The predicted molar refractivity (Wildman–Crippen MR) is 85.0 cm³/mol. The maximum Gasteiger partial charge on any atom is 0.222 e. The fourth-order valence-electron chi connectivity index (χ4n) is 2.80. The Hall–Kier alpha value is -0.0700. The number of carbonyl (C=O) groups excluding carboxylic acids is 1. The zero-order chi connectivity index (χ0) is 12.8. The molecule has 0 spiro atoms. The van der Waals surface area contributed by atoms with E-state index in [2.05, 4.69) is 22.5 Å². The third kappa shape index (κ3) is 6.14. The summed E-state index contributed by atoms with van der Waals surface area (Å²) in [6.45, 7) is 7.62. The summed E-state index contributed by atoms with van der Waals surface area (Å²) in [4.78, 5) is 14.3. The van der Waals surface area contributed by atoms with E-state index in [1.54, 1.807) is 0 Å². The van der Waals surface area contributed by atoms with Crippen LogP contribution in [0.2, 0.25) is 0 Å². The minimum atomic E-state index is 0. The highest BCUT2D eigenvalue weighted by Gasteiger charge is 2.24. The van der Waals surface area contributed by atoms with E-state index in [4.69, 9.17) is 4.74 Å². The zero-order valence-electron chi connectivity index (χ0n) is 12.1. The second-order valence-electron chi connectivity index (χ2n) is 5.13. The molecule has 1 amide bonds. The third-order valence-corrected chi connectivity index (χ3v) is 3.86. The maximum atomic E-state index is 11.8. The number of amides is 1. The van der Waals surface area contributed by atoms with Crippen LogP contribution >= 0.6 is 24.8 Å². The Morgan fingerprint density at radius 2 is 2.25 bits per heavy atom. The van der Waals surface area contributed by atoms with Gasteiger partial charge in [-0.2, -0.15) is 0 Å². The van der Waals surface area contributed by atoms with Gasteiger partial charge in [0.1, 0.15) is 0 Å². The van der Waals surface area contributed by atoms with Crippen LogP contribution < -0.4 is 10.6 Å². The molecule has 5 nitrogen and oxygen atoms in total. The number of nitrogens with zero attached hydrogens (tertiary/aromatic N) is 1. The van der Waals surface area contributed by atoms with Crippen molar-refractivity contribution in [3.8, 4) is 0 Å². The first-order chi connectivity index (χ1) is 8.79. The van der Waals surface area contributed by atoms with Crippen LogP contribution in [0.3, 0.4) is 0 Å². The van der Waals surface area contributed by atoms with Crippen molar-refractivity contribution >= 4 is 30.7 Å². The lowest BCUT2D eigenvalue weighted by molar-refractivity contribution is -0.124. The topological polar surface area (TPSA) is 53.6 Å². The van der Waals surface area contributed by atoms with Crippen LogP contribution in [0.5, 0.6) is 0 Å². The summed E-state index contributed by atoms with van der Waals surface area (Å²) in [6, 6.07) is 0.532. The van der Waals surface area contributed by atoms with Gasteiger partial charge in [-0.1, -0.05) is 6.92 Å². The zero-order valence-corrected chi connectivity index (χ0v) is 13.7. The molecule has 0 aromatic rings. The van der Waals surface area contributed by atoms with Gasteiger partial charge in [0.05, 0.1) is 19.1 Å². The molecule has 2 fully saturated rings. The SMILES string of the molecule is CCN1CCCC1CNC(=O)CC1CNCCO1.Cl.Cl. The van der Waals surface area contributed by atoms with Gasteiger partial charge >= 0.3 is 0 Å². The smallest absolute Gasteiger partial charge is 0.222 e. The van der Waals surface area contributed by atoms with Gasteiger partial charge < -0.3 is 15.4 Å². The highest BCUT2D eigenvalue weighted by molar-refractivity contribution is 5.85. The summed E-state index contributed by atoms with van der Waals surface area (Å²) in [5.74, 6) is 0.117. The molecule has 2 heterocycles. The Bertz CT molecular complexity index is 276. The normalized spacial score (nSPS) is 26.4. The molecule has 2 atom stereocenters. The summed E-state index contributed by atoms with van der Waals surface area (Å²) >= 11 is 0. The van der Waals surface area contributed by atoms with Gasteiger partial charge in [0.15, 0.2) is 0 Å². The maximum absolute atomic E-state index is 11.8. The van der Waals surface area contributed by atoms with Gasteiger partial charge in [-0.3, -0.25) is 9.69 Å². The van der Waals surface area contributed by atoms with Crippen molar-refractivity contribution in [1.29, 1.82) is 0 Å². The third-order valence-electron chi connectivity index (χ3n) is 3.86. The highest BCUT2D eigenvalue weighted by atomic mass is 35.5. The molecule has 7 heteroatoms. The number of ether oxygens (including phenoxy) is 1. The molecule has 0 aromatic heterocycles. The molecule has 0 radical (unpaired) electrons. The molecule has 2 aliphatic rings. The summed E-state index contributed by atoms with van der Waals surface area (Å²) in [5, 5.41) is 6.29. The van der Waals surface area contributed by atoms with Gasteiger partial charge in [0, 0.05) is 25.7 Å². The van der Waals surface area contributed by atoms with Crippen molar-refractivity contribution in [3.05, 3.63) is 0 Å². The lowest BCUT2D eigenvalue weighted by atomic mass is 10.2. The van der Waals surface area contributed by atoms with Crippen molar-refractivity contribution in [1.82, 2.24) is 15.5 Å². The number of morpholine rings is 1. The second kappa shape index (κ2) is 10.6. The lowest BCUT2D eigenvalue weighted by Gasteiger charge is -2.25. The number of likely N-dealkylation sites (tertiary alicyclic amines) is 1. The second-order valence-corrected chi connectivity index (χ2v) is 5.13. The number of hydrogen-bond acceptors (Lipinski definition) is 4. The van der Waals surface area contributed by atoms with E-state index in [1.807, 2.05) is 0 Å². The average molecular weight is 328 g/mol. The number of halogens is 2. The van der Waals surface area contributed by atoms with Crippen molar-refractivity contribution in [3.63, 3.8) is 0 Å². The summed E-state index contributed by atoms with van der Waals surface area (Å²) in [7, 11) is 0. The van der Waals surface area contributed by atoms with Crippen LogP contribution in [-0.2, 0) is 9.53 Å². The summed E-state index contributed by atoms with van der Waals surface area (Å²) in [5.41, 5.74) is 0. The molecule has 2 N–H and O–H groups in total. The van der Waals surface area contributed by atoms with Crippen molar-refractivity contribution in [2.75, 3.05) is 39.3 Å². The van der Waals surface area contributed by atoms with E-state index in [-0.39, 0.29) is 36.8 Å². The van der Waals surface area contributed by atoms with E-state index in [9.17, 15) is 4.79 Å². The van der Waals surface area contributed by atoms with Crippen molar-refractivity contribution in [2.24, 2.45) is 0 Å². The minimum absolute atomic E-state index is 0. The molecular weight excluding hydrogens is 301 g/mol. The van der Waals surface area contributed by atoms with Crippen LogP contribution in [0.1, 0.15) is 26.2 Å². The Morgan fingerprint density at radius 1 is 1.45 bits per heavy atom. The van der Waals surface area contributed by atoms with Gasteiger partial charge in [0.2, 0.25) is 5.91 Å². The molecule has 0 bridgehead atoms. The molecule has 20 heavy (non-hydrogen) atoms. The average Bonchev–Trinajstić information content (AvgIpc) is 2.85. The fourth-order valence-corrected chi connectivity index (χ4v) is 2.80. The molecular formula is C13H27Cl2N3O2. The van der Waals surface area contributed by atoms with Crippen LogP contribution in [-0.4, -0.2) is 62.3 Å². The largest absolute Gasteiger partial charge is 0.375 e. The number of carbonyl (C=O) groups is 1. The quantitative estimate of drug-likeness (QED) is 0.784. The molecule has 2 rings (SSSR count). The Balaban J connectivity index is 0.00000180. The van der Waals surface area contributed by atoms with E-state index < -0.39 is 0 Å². The number of likely N-dealkylation sites (N-methyl/N-ethyl adjacent to an activating group) is 1. The van der Waals surface area contributed by atoms with Crippen LogP contribution in [0.4, 0.5) is 0 Å². The Kier molecular flexibility index (Phi) is 10.6. The van der Waals surface area contributed by atoms with E-state index in [0.29, 0.717) is 19.1 Å². The standard InChI is InChI=1S/C13H25N3O2.2ClH/c1-2-16-6-3-4-11(16)9-15-13(17)8-12-10-14-5-7-18-12;;/h11-12,14H,2-10H2,1H3,(H,15,17);2*1H. The van der Waals surface area contributed by atoms with Crippen LogP contribution in [0.15, 0.2) is 0 Å². The first-order valence-corrected chi connectivity index (χ1v) is 7.12. The summed E-state index contributed by atoms with van der Waals surface area (Å²) < 4.78 is 5.53. The van der Waals surface area contributed by atoms with Crippen molar-refractivity contribution in [2.45, 2.75) is 38.3 Å². The van der Waals surface area contributed by atoms with E-state index in [0.717, 1.165) is 26.2 Å². The highest BCUT2D eigenvalue weighted by Crippen LogP contribution is 2.15. The molecule has 120 valence electrons. The molecule has 0 aromatic carbocycles. The van der Waals surface area contributed by atoms with Gasteiger partial charge in [0.25, 0.3) is 0 Å².